The van der Waals surface area contributed by atoms with Gasteiger partial charge in [0.1, 0.15) is 11.6 Å². The molecular formula is C52H44N6. The van der Waals surface area contributed by atoms with E-state index in [4.69, 9.17) is 19.9 Å². The minimum atomic E-state index is -0.153. The molecule has 0 atom stereocenters. The number of para-hydroxylation sites is 4. The number of fused-ring (bicyclic) bond motifs is 6. The first-order chi connectivity index (χ1) is 28.0. The average Bonchev–Trinajstić information content (AvgIpc) is 3.76. The van der Waals surface area contributed by atoms with E-state index in [2.05, 4.69) is 208 Å². The number of rotatable bonds is 5. The predicted octanol–water partition coefficient (Wildman–Crippen LogP) is 13.1. The standard InChI is InChI=1S/C52H44N6/c1-51(2,3)33-29-41(39-21-15-27-49(55-39)57-45-23-11-7-17-35(45)36-18-8-12-24-46(36)57)53-43(31-33)44-32-34(52(4,5)6)30-42(54-44)40-22-16-28-50(56-40)58-47-25-13-9-19-37(47)38-20-10-14-26-48(38)58/h7-32H,1-6H3. The van der Waals surface area contributed by atoms with Crippen LogP contribution in [0.15, 0.2) is 158 Å². The van der Waals surface area contributed by atoms with Gasteiger partial charge < -0.3 is 0 Å². The SMILES string of the molecule is CC(C)(C)c1cc(-c2cc(C(C)(C)C)cc(-c3cccc(-n4c5ccccc5c5ccccc54)n3)n2)nc(-c2cccc(-n3c4ccccc4c4ccccc43)n2)c1. The third kappa shape index (κ3) is 6.04. The van der Waals surface area contributed by atoms with Crippen LogP contribution in [0.3, 0.4) is 0 Å². The number of hydrogen-bond acceptors (Lipinski definition) is 4. The Hall–Kier alpha value is -6.92. The lowest BCUT2D eigenvalue weighted by Crippen LogP contribution is -2.14. The maximum atomic E-state index is 5.36. The van der Waals surface area contributed by atoms with Crippen LogP contribution in [-0.4, -0.2) is 29.1 Å². The van der Waals surface area contributed by atoms with E-state index in [9.17, 15) is 0 Å². The van der Waals surface area contributed by atoms with Gasteiger partial charge in [-0.2, -0.15) is 0 Å². The fraction of sp³-hybridized carbons (Fsp3) is 0.154. The second-order valence-electron chi connectivity index (χ2n) is 17.3. The lowest BCUT2D eigenvalue weighted by atomic mass is 9.85. The Kier molecular flexibility index (Phi) is 8.17. The van der Waals surface area contributed by atoms with Gasteiger partial charge >= 0.3 is 0 Å². The minimum Gasteiger partial charge on any atom is -0.294 e. The molecule has 0 bridgehead atoms. The largest absolute Gasteiger partial charge is 0.294 e. The molecule has 0 saturated carbocycles. The topological polar surface area (TPSA) is 61.4 Å². The summed E-state index contributed by atoms with van der Waals surface area (Å²) in [5, 5.41) is 4.82. The summed E-state index contributed by atoms with van der Waals surface area (Å²) in [5.41, 5.74) is 11.3. The van der Waals surface area contributed by atoms with Crippen LogP contribution in [0.5, 0.6) is 0 Å². The quantitative estimate of drug-likeness (QED) is 0.176. The van der Waals surface area contributed by atoms with Gasteiger partial charge in [-0.05, 0) is 94.8 Å². The summed E-state index contributed by atoms with van der Waals surface area (Å²) in [6.07, 6.45) is 0. The van der Waals surface area contributed by atoms with Gasteiger partial charge in [0.15, 0.2) is 0 Å². The molecule has 0 aliphatic heterocycles. The van der Waals surface area contributed by atoms with Gasteiger partial charge in [-0.25, -0.2) is 19.9 Å². The Bertz CT molecular complexity index is 2880. The molecule has 0 unspecified atom stereocenters. The zero-order valence-electron chi connectivity index (χ0n) is 33.7. The predicted molar refractivity (Wildman–Crippen MR) is 240 cm³/mol. The number of benzene rings is 4. The fourth-order valence-corrected chi connectivity index (χ4v) is 8.17. The highest BCUT2D eigenvalue weighted by Gasteiger charge is 2.23. The van der Waals surface area contributed by atoms with E-state index in [0.717, 1.165) is 79.0 Å². The van der Waals surface area contributed by atoms with Crippen LogP contribution < -0.4 is 0 Å². The van der Waals surface area contributed by atoms with Crippen molar-refractivity contribution in [3.05, 3.63) is 169 Å². The van der Waals surface area contributed by atoms with Gasteiger partial charge in [-0.3, -0.25) is 9.13 Å². The van der Waals surface area contributed by atoms with E-state index in [1.807, 2.05) is 0 Å². The van der Waals surface area contributed by atoms with Gasteiger partial charge in [-0.1, -0.05) is 126 Å². The van der Waals surface area contributed by atoms with Crippen LogP contribution >= 0.6 is 0 Å². The molecular weight excluding hydrogens is 709 g/mol. The van der Waals surface area contributed by atoms with Crippen molar-refractivity contribution >= 4 is 43.6 Å². The molecule has 4 aromatic carbocycles. The lowest BCUT2D eigenvalue weighted by molar-refractivity contribution is 0.588. The smallest absolute Gasteiger partial charge is 0.138 e. The number of hydrogen-bond donors (Lipinski definition) is 0. The Labute approximate surface area is 338 Å². The number of pyridine rings is 4. The molecule has 58 heavy (non-hydrogen) atoms. The molecule has 0 amide bonds. The monoisotopic (exact) mass is 752 g/mol. The summed E-state index contributed by atoms with van der Waals surface area (Å²) >= 11 is 0. The third-order valence-corrected chi connectivity index (χ3v) is 11.3. The molecule has 0 spiro atoms. The van der Waals surface area contributed by atoms with E-state index in [-0.39, 0.29) is 10.8 Å². The summed E-state index contributed by atoms with van der Waals surface area (Å²) in [6, 6.07) is 55.3. The van der Waals surface area contributed by atoms with Crippen LogP contribution in [0.1, 0.15) is 52.7 Å². The van der Waals surface area contributed by atoms with Gasteiger partial charge in [0, 0.05) is 21.5 Å². The molecule has 10 aromatic rings. The van der Waals surface area contributed by atoms with Gasteiger partial charge in [0.2, 0.25) is 0 Å². The minimum absolute atomic E-state index is 0.153. The zero-order valence-corrected chi connectivity index (χ0v) is 33.7. The van der Waals surface area contributed by atoms with Crippen molar-refractivity contribution in [2.45, 2.75) is 52.4 Å². The molecule has 0 N–H and O–H groups in total. The van der Waals surface area contributed by atoms with Crippen molar-refractivity contribution in [2.24, 2.45) is 0 Å². The van der Waals surface area contributed by atoms with Gasteiger partial charge in [0.05, 0.1) is 56.2 Å². The van der Waals surface area contributed by atoms with Crippen LogP contribution in [-0.2, 0) is 10.8 Å². The van der Waals surface area contributed by atoms with E-state index in [0.29, 0.717) is 0 Å². The Balaban J connectivity index is 1.13. The van der Waals surface area contributed by atoms with Crippen LogP contribution in [0.4, 0.5) is 0 Å². The van der Waals surface area contributed by atoms with Crippen LogP contribution in [0, 0.1) is 0 Å². The van der Waals surface area contributed by atoms with Gasteiger partial charge in [-0.15, -0.1) is 0 Å². The highest BCUT2D eigenvalue weighted by Crippen LogP contribution is 2.37. The lowest BCUT2D eigenvalue weighted by Gasteiger charge is -2.23. The molecule has 6 heteroatoms. The molecule has 6 nitrogen and oxygen atoms in total. The van der Waals surface area contributed by atoms with Crippen molar-refractivity contribution in [3.63, 3.8) is 0 Å². The summed E-state index contributed by atoms with van der Waals surface area (Å²) in [6.45, 7) is 13.5. The molecule has 10 rings (SSSR count). The highest BCUT2D eigenvalue weighted by molar-refractivity contribution is 6.10. The number of aromatic nitrogens is 6. The van der Waals surface area contributed by atoms with E-state index < -0.39 is 0 Å². The van der Waals surface area contributed by atoms with Crippen molar-refractivity contribution in [1.82, 2.24) is 29.1 Å². The first kappa shape index (κ1) is 35.5. The highest BCUT2D eigenvalue weighted by atomic mass is 15.1. The first-order valence-corrected chi connectivity index (χ1v) is 20.0. The molecule has 0 aliphatic carbocycles. The first-order valence-electron chi connectivity index (χ1n) is 20.0. The summed E-state index contributed by atoms with van der Waals surface area (Å²) in [5.74, 6) is 1.70. The maximum absolute atomic E-state index is 5.36. The van der Waals surface area contributed by atoms with Crippen molar-refractivity contribution in [1.29, 1.82) is 0 Å². The molecule has 6 heterocycles. The summed E-state index contributed by atoms with van der Waals surface area (Å²) in [4.78, 5) is 21.3. The average molecular weight is 753 g/mol. The normalized spacial score (nSPS) is 12.3. The van der Waals surface area contributed by atoms with E-state index in [1.165, 1.54) is 21.5 Å². The van der Waals surface area contributed by atoms with Crippen molar-refractivity contribution < 1.29 is 0 Å². The van der Waals surface area contributed by atoms with Crippen LogP contribution in [0.25, 0.3) is 89.4 Å². The summed E-state index contributed by atoms with van der Waals surface area (Å²) < 4.78 is 4.51. The zero-order chi connectivity index (χ0) is 39.8. The van der Waals surface area contributed by atoms with Crippen LogP contribution in [0.2, 0.25) is 0 Å². The molecule has 0 aliphatic rings. The molecule has 0 saturated heterocycles. The molecule has 6 aromatic heterocycles. The fourth-order valence-electron chi connectivity index (χ4n) is 8.17. The molecule has 0 fully saturated rings. The van der Waals surface area contributed by atoms with E-state index >= 15 is 0 Å². The Morgan fingerprint density at radius 3 is 0.914 bits per heavy atom. The van der Waals surface area contributed by atoms with Crippen molar-refractivity contribution in [3.8, 4) is 45.8 Å². The Morgan fingerprint density at radius 2 is 0.603 bits per heavy atom. The number of nitrogens with zero attached hydrogens (tertiary/aromatic N) is 6. The third-order valence-electron chi connectivity index (χ3n) is 11.3. The second kappa shape index (κ2) is 13.3. The van der Waals surface area contributed by atoms with Crippen molar-refractivity contribution in [2.75, 3.05) is 0 Å². The molecule has 0 radical (unpaired) electrons. The Morgan fingerprint density at radius 1 is 0.310 bits per heavy atom. The maximum Gasteiger partial charge on any atom is 0.138 e. The molecule has 282 valence electrons. The van der Waals surface area contributed by atoms with E-state index in [1.54, 1.807) is 0 Å². The van der Waals surface area contributed by atoms with Gasteiger partial charge in [0.25, 0.3) is 0 Å². The summed E-state index contributed by atoms with van der Waals surface area (Å²) in [7, 11) is 0. The second-order valence-corrected chi connectivity index (χ2v) is 17.3.